The molecule has 0 saturated heterocycles. The molecule has 1 amide bonds. The van der Waals surface area contributed by atoms with Crippen LogP contribution in [0.15, 0.2) is 89.2 Å². The summed E-state index contributed by atoms with van der Waals surface area (Å²) in [5.41, 5.74) is 14.1. The van der Waals surface area contributed by atoms with Crippen molar-refractivity contribution in [2.75, 3.05) is 14.2 Å². The molecule has 1 aromatic heterocycles. The molecule has 8 nitrogen and oxygen atoms in total. The van der Waals surface area contributed by atoms with Crippen LogP contribution in [-0.4, -0.2) is 30.5 Å². The molecule has 4 N–H and O–H groups in total. The Hall–Kier alpha value is -4.89. The molecule has 0 bridgehead atoms. The molecule has 0 spiro atoms. The molecule has 196 valence electrons. The van der Waals surface area contributed by atoms with Crippen molar-refractivity contribution in [3.05, 3.63) is 121 Å². The number of hydrogen-bond donors (Lipinski definition) is 2. The van der Waals surface area contributed by atoms with E-state index in [1.807, 2.05) is 12.1 Å². The SMILES string of the molecule is COc1ccc(C=c2sc3n(c2=O)C(N)=C(C(=O)c2ccccc2)C(c2ccc(OC)cc2)C=3C(N)=O)cc1. The highest BCUT2D eigenvalue weighted by atomic mass is 32.1. The minimum Gasteiger partial charge on any atom is -0.497 e. The normalized spacial score (nSPS) is 15.2. The monoisotopic (exact) mass is 539 g/mol. The number of carbonyl (C=O) groups excluding carboxylic acids is 2. The maximum absolute atomic E-state index is 13.9. The van der Waals surface area contributed by atoms with Crippen molar-refractivity contribution in [2.45, 2.75) is 5.92 Å². The Morgan fingerprint density at radius 1 is 0.872 bits per heavy atom. The highest BCUT2D eigenvalue weighted by Gasteiger charge is 2.38. The lowest BCUT2D eigenvalue weighted by Gasteiger charge is -2.27. The van der Waals surface area contributed by atoms with Gasteiger partial charge in [0.05, 0.1) is 29.9 Å². The smallest absolute Gasteiger partial charge is 0.274 e. The van der Waals surface area contributed by atoms with Gasteiger partial charge in [0.1, 0.15) is 22.0 Å². The van der Waals surface area contributed by atoms with Crippen LogP contribution in [0.2, 0.25) is 0 Å². The van der Waals surface area contributed by atoms with Gasteiger partial charge in [-0.15, -0.1) is 11.3 Å². The van der Waals surface area contributed by atoms with Crippen molar-refractivity contribution in [3.63, 3.8) is 0 Å². The van der Waals surface area contributed by atoms with Gasteiger partial charge in [0.2, 0.25) is 5.91 Å². The first-order chi connectivity index (χ1) is 18.8. The van der Waals surface area contributed by atoms with E-state index in [1.54, 1.807) is 87.0 Å². The van der Waals surface area contributed by atoms with Crippen LogP contribution in [0.25, 0.3) is 17.5 Å². The lowest BCUT2D eigenvalue weighted by Crippen LogP contribution is -2.42. The lowest BCUT2D eigenvalue weighted by atomic mass is 9.80. The summed E-state index contributed by atoms with van der Waals surface area (Å²) in [6.07, 6.45) is 1.70. The first-order valence-electron chi connectivity index (χ1n) is 12.0. The van der Waals surface area contributed by atoms with Gasteiger partial charge in [-0.1, -0.05) is 54.6 Å². The van der Waals surface area contributed by atoms with Gasteiger partial charge in [0, 0.05) is 11.5 Å². The largest absolute Gasteiger partial charge is 0.497 e. The molecule has 4 aromatic rings. The second-order valence-corrected chi connectivity index (χ2v) is 9.84. The number of rotatable bonds is 7. The Balaban J connectivity index is 1.82. The summed E-state index contributed by atoms with van der Waals surface area (Å²) in [4.78, 5) is 40.6. The molecule has 1 atom stereocenters. The van der Waals surface area contributed by atoms with Crippen molar-refractivity contribution in [1.82, 2.24) is 4.57 Å². The van der Waals surface area contributed by atoms with Crippen molar-refractivity contribution in [1.29, 1.82) is 0 Å². The Morgan fingerprint density at radius 2 is 1.46 bits per heavy atom. The number of benzene rings is 3. The third-order valence-electron chi connectivity index (χ3n) is 6.56. The predicted octanol–water partition coefficient (Wildman–Crippen LogP) is 2.20. The van der Waals surface area contributed by atoms with Crippen LogP contribution >= 0.6 is 11.3 Å². The van der Waals surface area contributed by atoms with E-state index in [0.717, 1.165) is 16.9 Å². The van der Waals surface area contributed by atoms with E-state index in [1.165, 1.54) is 4.57 Å². The van der Waals surface area contributed by atoms with E-state index in [0.29, 0.717) is 27.2 Å². The zero-order chi connectivity index (χ0) is 27.7. The third-order valence-corrected chi connectivity index (χ3v) is 7.67. The molecule has 1 aliphatic rings. The second-order valence-electron chi connectivity index (χ2n) is 8.81. The number of Topliss-reactive ketones (excluding diaryl/α,β-unsaturated/α-hetero) is 1. The van der Waals surface area contributed by atoms with Crippen molar-refractivity contribution in [3.8, 4) is 11.5 Å². The summed E-state index contributed by atoms with van der Waals surface area (Å²) in [7, 11) is 3.12. The zero-order valence-electron chi connectivity index (χ0n) is 21.2. The van der Waals surface area contributed by atoms with E-state index in [2.05, 4.69) is 0 Å². The van der Waals surface area contributed by atoms with Gasteiger partial charge in [0.25, 0.3) is 5.56 Å². The molecule has 1 unspecified atom stereocenters. The molecule has 0 fully saturated rings. The molecular formula is C30H25N3O5S. The molecule has 0 aliphatic carbocycles. The van der Waals surface area contributed by atoms with E-state index in [9.17, 15) is 14.4 Å². The van der Waals surface area contributed by atoms with E-state index in [-0.39, 0.29) is 21.6 Å². The fourth-order valence-electron chi connectivity index (χ4n) is 4.64. The van der Waals surface area contributed by atoms with Crippen LogP contribution in [0.5, 0.6) is 11.5 Å². The number of nitrogens with zero attached hydrogens (tertiary/aromatic N) is 1. The summed E-state index contributed by atoms with van der Waals surface area (Å²) in [6, 6.07) is 22.7. The Labute approximate surface area is 227 Å². The Kier molecular flexibility index (Phi) is 6.91. The number of hydrogen-bond acceptors (Lipinski definition) is 7. The van der Waals surface area contributed by atoms with Crippen LogP contribution in [0.1, 0.15) is 27.4 Å². The molecule has 2 heterocycles. The molecular weight excluding hydrogens is 514 g/mol. The number of thiazole rings is 1. The fourth-order valence-corrected chi connectivity index (χ4v) is 5.82. The van der Waals surface area contributed by atoms with E-state index >= 15 is 0 Å². The van der Waals surface area contributed by atoms with Crippen LogP contribution in [-0.2, 0) is 4.79 Å². The number of aromatic nitrogens is 1. The van der Waals surface area contributed by atoms with Crippen molar-refractivity contribution >= 4 is 40.5 Å². The van der Waals surface area contributed by atoms with Crippen molar-refractivity contribution in [2.24, 2.45) is 11.5 Å². The number of carbonyl (C=O) groups is 2. The van der Waals surface area contributed by atoms with Crippen LogP contribution in [0.4, 0.5) is 0 Å². The molecule has 0 saturated carbocycles. The second kappa shape index (κ2) is 10.5. The van der Waals surface area contributed by atoms with Crippen LogP contribution in [0, 0.1) is 0 Å². The lowest BCUT2D eigenvalue weighted by molar-refractivity contribution is -0.113. The Bertz CT molecular complexity index is 1780. The fraction of sp³-hybridized carbons (Fsp3) is 0.100. The number of ether oxygens (including phenoxy) is 2. The molecule has 3 aromatic carbocycles. The average molecular weight is 540 g/mol. The number of primary amides is 1. The first kappa shape index (κ1) is 25.7. The third kappa shape index (κ3) is 4.64. The van der Waals surface area contributed by atoms with Crippen LogP contribution < -0.4 is 35.7 Å². The van der Waals surface area contributed by atoms with E-state index < -0.39 is 23.2 Å². The summed E-state index contributed by atoms with van der Waals surface area (Å²) in [5.74, 6) is -0.817. The first-order valence-corrected chi connectivity index (χ1v) is 12.8. The van der Waals surface area contributed by atoms with Crippen LogP contribution in [0.3, 0.4) is 0 Å². The predicted molar refractivity (Wildman–Crippen MR) is 151 cm³/mol. The number of ketones is 1. The number of allylic oxidation sites excluding steroid dienone is 1. The van der Waals surface area contributed by atoms with Gasteiger partial charge >= 0.3 is 0 Å². The number of amides is 1. The molecule has 1 aliphatic heterocycles. The van der Waals surface area contributed by atoms with Gasteiger partial charge in [0.15, 0.2) is 5.78 Å². The summed E-state index contributed by atoms with van der Waals surface area (Å²) < 4.78 is 12.3. The highest BCUT2D eigenvalue weighted by Crippen LogP contribution is 2.38. The standard InChI is InChI=1S/C30H25N3O5S/c1-37-20-12-8-17(9-13-20)16-22-29(36)33-27(31)24(26(34)19-6-4-3-5-7-19)23(25(28(32)35)30(33)39-22)18-10-14-21(38-2)15-11-18/h3-16,23H,31H2,1-2H3,(H2,32,35). The quantitative estimate of drug-likeness (QED) is 0.347. The summed E-state index contributed by atoms with van der Waals surface area (Å²) >= 11 is 1.10. The summed E-state index contributed by atoms with van der Waals surface area (Å²) in [5, 5.41) is 0. The van der Waals surface area contributed by atoms with Gasteiger partial charge in [-0.2, -0.15) is 0 Å². The van der Waals surface area contributed by atoms with Gasteiger partial charge < -0.3 is 20.9 Å². The minimum atomic E-state index is -0.895. The molecule has 39 heavy (non-hydrogen) atoms. The van der Waals surface area contributed by atoms with Gasteiger partial charge in [-0.05, 0) is 41.5 Å². The number of nitrogens with two attached hydrogens (primary N) is 2. The minimum absolute atomic E-state index is 0.0414. The average Bonchev–Trinajstić information content (AvgIpc) is 3.28. The molecule has 0 radical (unpaired) electrons. The van der Waals surface area contributed by atoms with Gasteiger partial charge in [-0.3, -0.25) is 19.0 Å². The molecule has 9 heteroatoms. The Morgan fingerprint density at radius 3 is 2.03 bits per heavy atom. The zero-order valence-corrected chi connectivity index (χ0v) is 22.0. The number of fused-ring (bicyclic) bond motifs is 1. The highest BCUT2D eigenvalue weighted by molar-refractivity contribution is 7.07. The maximum Gasteiger partial charge on any atom is 0.274 e. The topological polar surface area (TPSA) is 127 Å². The van der Waals surface area contributed by atoms with E-state index in [4.69, 9.17) is 20.9 Å². The van der Waals surface area contributed by atoms with Gasteiger partial charge in [-0.25, -0.2) is 0 Å². The summed E-state index contributed by atoms with van der Waals surface area (Å²) in [6.45, 7) is 0. The maximum atomic E-state index is 13.9. The van der Waals surface area contributed by atoms with Crippen molar-refractivity contribution < 1.29 is 19.1 Å². The number of methoxy groups -OCH3 is 2. The molecule has 5 rings (SSSR count).